The van der Waals surface area contributed by atoms with Crippen LogP contribution in [0.1, 0.15) is 12.5 Å². The maximum Gasteiger partial charge on any atom is 0.344 e. The van der Waals surface area contributed by atoms with Gasteiger partial charge in [0.1, 0.15) is 29.6 Å². The second-order valence-electron chi connectivity index (χ2n) is 7.22. The van der Waals surface area contributed by atoms with Crippen LogP contribution < -0.4 is 24.3 Å². The average Bonchev–Trinajstić information content (AvgIpc) is 2.87. The van der Waals surface area contributed by atoms with Gasteiger partial charge in [0.15, 0.2) is 12.7 Å². The lowest BCUT2D eigenvalue weighted by Crippen LogP contribution is -2.31. The fraction of sp³-hybridized carbons (Fsp3) is 0.231. The minimum atomic E-state index is -1.04. The molecule has 0 aliphatic carbocycles. The average molecular weight is 466 g/mol. The molecule has 0 heterocycles. The molecule has 3 rings (SSSR count). The summed E-state index contributed by atoms with van der Waals surface area (Å²) >= 11 is 0. The molecule has 0 spiro atoms. The molecule has 0 aromatic heterocycles. The maximum atomic E-state index is 12.5. The van der Waals surface area contributed by atoms with Crippen molar-refractivity contribution in [2.75, 3.05) is 26.1 Å². The van der Waals surface area contributed by atoms with Gasteiger partial charge in [0, 0.05) is 6.07 Å². The molecule has 1 N–H and O–H groups in total. The predicted molar refractivity (Wildman–Crippen MR) is 126 cm³/mol. The van der Waals surface area contributed by atoms with Crippen molar-refractivity contribution >= 4 is 17.6 Å². The largest absolute Gasteiger partial charge is 0.497 e. The third-order valence-corrected chi connectivity index (χ3v) is 4.77. The molecule has 0 fully saturated rings. The van der Waals surface area contributed by atoms with E-state index in [1.807, 2.05) is 30.3 Å². The van der Waals surface area contributed by atoms with Crippen LogP contribution in [-0.4, -0.2) is 38.8 Å². The molecule has 0 radical (unpaired) electrons. The number of nitrogens with one attached hydrogen (secondary N) is 1. The molecule has 0 saturated heterocycles. The van der Waals surface area contributed by atoms with E-state index in [9.17, 15) is 9.59 Å². The fourth-order valence-corrected chi connectivity index (χ4v) is 2.95. The Labute approximate surface area is 198 Å². The molecular formula is C26H27NO7. The van der Waals surface area contributed by atoms with Crippen LogP contribution in [0.15, 0.2) is 72.8 Å². The highest BCUT2D eigenvalue weighted by Gasteiger charge is 2.20. The topological polar surface area (TPSA) is 92.3 Å². The number of rotatable bonds is 11. The standard InChI is InChI=1S/C26H27NO7/c1-18(26(29)27-23-15-22(30-2)13-14-24(23)31-3)34-25(28)17-33-21-11-9-20(10-12-21)32-16-19-7-5-4-6-8-19/h4-15,18H,16-17H2,1-3H3,(H,27,29). The van der Waals surface area contributed by atoms with Crippen LogP contribution in [0.3, 0.4) is 0 Å². The normalized spacial score (nSPS) is 11.1. The zero-order valence-electron chi connectivity index (χ0n) is 19.3. The molecule has 3 aromatic carbocycles. The Morgan fingerprint density at radius 1 is 0.824 bits per heavy atom. The van der Waals surface area contributed by atoms with Gasteiger partial charge < -0.3 is 29.0 Å². The molecule has 1 amide bonds. The number of ether oxygens (including phenoxy) is 5. The Morgan fingerprint density at radius 3 is 2.12 bits per heavy atom. The van der Waals surface area contributed by atoms with Gasteiger partial charge in [0.05, 0.1) is 19.9 Å². The number of methoxy groups -OCH3 is 2. The Kier molecular flexibility index (Phi) is 8.73. The molecule has 8 heteroatoms. The van der Waals surface area contributed by atoms with Crippen molar-refractivity contribution in [1.82, 2.24) is 0 Å². The van der Waals surface area contributed by atoms with Crippen LogP contribution in [0, 0.1) is 0 Å². The van der Waals surface area contributed by atoms with Crippen molar-refractivity contribution in [2.24, 2.45) is 0 Å². The zero-order chi connectivity index (χ0) is 24.3. The minimum Gasteiger partial charge on any atom is -0.497 e. The van der Waals surface area contributed by atoms with Gasteiger partial charge in [-0.2, -0.15) is 0 Å². The van der Waals surface area contributed by atoms with Crippen LogP contribution in [-0.2, 0) is 20.9 Å². The van der Waals surface area contributed by atoms with Gasteiger partial charge >= 0.3 is 5.97 Å². The third-order valence-electron chi connectivity index (χ3n) is 4.77. The Bertz CT molecular complexity index is 1080. The van der Waals surface area contributed by atoms with Crippen LogP contribution in [0.5, 0.6) is 23.0 Å². The Morgan fingerprint density at radius 2 is 1.47 bits per heavy atom. The molecular weight excluding hydrogens is 438 g/mol. The first kappa shape index (κ1) is 24.4. The van der Waals surface area contributed by atoms with E-state index < -0.39 is 18.0 Å². The number of amides is 1. The predicted octanol–water partition coefficient (Wildman–Crippen LogP) is 4.23. The van der Waals surface area contributed by atoms with E-state index in [0.29, 0.717) is 35.3 Å². The van der Waals surface area contributed by atoms with Crippen molar-refractivity contribution < 1.29 is 33.3 Å². The lowest BCUT2D eigenvalue weighted by atomic mass is 10.2. The van der Waals surface area contributed by atoms with Gasteiger partial charge in [-0.1, -0.05) is 30.3 Å². The molecule has 34 heavy (non-hydrogen) atoms. The van der Waals surface area contributed by atoms with Gasteiger partial charge in [-0.05, 0) is 48.9 Å². The van der Waals surface area contributed by atoms with E-state index >= 15 is 0 Å². The van der Waals surface area contributed by atoms with Gasteiger partial charge in [-0.25, -0.2) is 4.79 Å². The summed E-state index contributed by atoms with van der Waals surface area (Å²) in [5.41, 5.74) is 1.47. The summed E-state index contributed by atoms with van der Waals surface area (Å²) in [5, 5.41) is 2.67. The summed E-state index contributed by atoms with van der Waals surface area (Å²) in [6.07, 6.45) is -1.04. The molecule has 1 atom stereocenters. The van der Waals surface area contributed by atoms with Gasteiger partial charge in [-0.3, -0.25) is 4.79 Å². The summed E-state index contributed by atoms with van der Waals surface area (Å²) in [6.45, 7) is 1.58. The number of carbonyl (C=O) groups excluding carboxylic acids is 2. The molecule has 0 aliphatic rings. The maximum absolute atomic E-state index is 12.5. The second-order valence-corrected chi connectivity index (χ2v) is 7.22. The van der Waals surface area contributed by atoms with Gasteiger partial charge in [0.2, 0.25) is 0 Å². The summed E-state index contributed by atoms with van der Waals surface area (Å²) in [7, 11) is 3.00. The second kappa shape index (κ2) is 12.2. The van der Waals surface area contributed by atoms with E-state index in [2.05, 4.69) is 5.32 Å². The molecule has 8 nitrogen and oxygen atoms in total. The molecule has 3 aromatic rings. The van der Waals surface area contributed by atoms with Gasteiger partial charge in [-0.15, -0.1) is 0 Å². The first-order chi connectivity index (χ1) is 16.5. The number of hydrogen-bond donors (Lipinski definition) is 1. The third kappa shape index (κ3) is 7.16. The first-order valence-electron chi connectivity index (χ1n) is 10.6. The number of benzene rings is 3. The highest BCUT2D eigenvalue weighted by molar-refractivity contribution is 5.96. The van der Waals surface area contributed by atoms with E-state index in [4.69, 9.17) is 23.7 Å². The number of anilines is 1. The number of esters is 1. The van der Waals surface area contributed by atoms with Crippen LogP contribution in [0.4, 0.5) is 5.69 Å². The molecule has 0 aliphatic heterocycles. The van der Waals surface area contributed by atoms with Crippen molar-refractivity contribution in [3.8, 4) is 23.0 Å². The number of carbonyl (C=O) groups is 2. The van der Waals surface area contributed by atoms with Crippen molar-refractivity contribution in [1.29, 1.82) is 0 Å². The summed E-state index contributed by atoms with van der Waals surface area (Å²) in [6, 6.07) is 21.7. The molecule has 0 bridgehead atoms. The van der Waals surface area contributed by atoms with Crippen LogP contribution >= 0.6 is 0 Å². The van der Waals surface area contributed by atoms with Crippen molar-refractivity contribution in [3.05, 3.63) is 78.4 Å². The van der Waals surface area contributed by atoms with Crippen LogP contribution in [0.25, 0.3) is 0 Å². The molecule has 1 unspecified atom stereocenters. The molecule has 0 saturated carbocycles. The van der Waals surface area contributed by atoms with Crippen molar-refractivity contribution in [3.63, 3.8) is 0 Å². The minimum absolute atomic E-state index is 0.343. The molecule has 178 valence electrons. The SMILES string of the molecule is COc1ccc(OC)c(NC(=O)C(C)OC(=O)COc2ccc(OCc3ccccc3)cc2)c1. The highest BCUT2D eigenvalue weighted by atomic mass is 16.6. The van der Waals surface area contributed by atoms with Crippen molar-refractivity contribution in [2.45, 2.75) is 19.6 Å². The van der Waals surface area contributed by atoms with E-state index in [0.717, 1.165) is 5.56 Å². The quantitative estimate of drug-likeness (QED) is 0.424. The van der Waals surface area contributed by atoms with E-state index in [1.165, 1.54) is 21.1 Å². The fourth-order valence-electron chi connectivity index (χ4n) is 2.95. The van der Waals surface area contributed by atoms with Crippen LogP contribution in [0.2, 0.25) is 0 Å². The van der Waals surface area contributed by atoms with E-state index in [1.54, 1.807) is 42.5 Å². The monoisotopic (exact) mass is 465 g/mol. The van der Waals surface area contributed by atoms with Gasteiger partial charge in [0.25, 0.3) is 5.91 Å². The smallest absolute Gasteiger partial charge is 0.344 e. The zero-order valence-corrected chi connectivity index (χ0v) is 19.3. The first-order valence-corrected chi connectivity index (χ1v) is 10.6. The Balaban J connectivity index is 1.44. The lowest BCUT2D eigenvalue weighted by Gasteiger charge is -2.16. The highest BCUT2D eigenvalue weighted by Crippen LogP contribution is 2.29. The van der Waals surface area contributed by atoms with E-state index in [-0.39, 0.29) is 6.61 Å². The summed E-state index contributed by atoms with van der Waals surface area (Å²) < 4.78 is 26.7. The summed E-state index contributed by atoms with van der Waals surface area (Å²) in [4.78, 5) is 24.6. The lowest BCUT2D eigenvalue weighted by molar-refractivity contribution is -0.155. The summed E-state index contributed by atoms with van der Waals surface area (Å²) in [5.74, 6) is 0.960. The number of hydrogen-bond acceptors (Lipinski definition) is 7. The Hall–Kier alpha value is -4.20.